The zero-order valence-corrected chi connectivity index (χ0v) is 11.4. The van der Waals surface area contributed by atoms with Crippen molar-refractivity contribution >= 4 is 5.69 Å². The Morgan fingerprint density at radius 3 is 2.81 bits per heavy atom. The molecule has 1 N–H and O–H groups in total. The van der Waals surface area contributed by atoms with Crippen LogP contribution < -0.4 is 10.1 Å². The molecule has 0 aliphatic carbocycles. The molecule has 5 heteroatoms. The second-order valence-corrected chi connectivity index (χ2v) is 4.51. The molecule has 0 amide bonds. The summed E-state index contributed by atoms with van der Waals surface area (Å²) in [5.41, 5.74) is 0.944. The van der Waals surface area contributed by atoms with E-state index in [9.17, 15) is 8.78 Å². The Labute approximate surface area is 121 Å². The maximum Gasteiger partial charge on any atom is 0.174 e. The molecule has 0 heterocycles. The van der Waals surface area contributed by atoms with Gasteiger partial charge >= 0.3 is 0 Å². The lowest BCUT2D eigenvalue weighted by molar-refractivity contribution is 0.368. The minimum atomic E-state index is -0.480. The molecule has 0 bridgehead atoms. The number of anilines is 1. The second kappa shape index (κ2) is 6.71. The van der Waals surface area contributed by atoms with Gasteiger partial charge in [-0.2, -0.15) is 5.26 Å². The van der Waals surface area contributed by atoms with Crippen LogP contribution in [0.2, 0.25) is 0 Å². The average Bonchev–Trinajstić information content (AvgIpc) is 2.48. The van der Waals surface area contributed by atoms with E-state index in [0.29, 0.717) is 11.4 Å². The third kappa shape index (κ3) is 3.93. The van der Waals surface area contributed by atoms with Crippen molar-refractivity contribution < 1.29 is 13.5 Å². The number of ether oxygens (including phenoxy) is 1. The quantitative estimate of drug-likeness (QED) is 0.903. The third-order valence-electron chi connectivity index (χ3n) is 2.95. The largest absolute Gasteiger partial charge is 0.479 e. The highest BCUT2D eigenvalue weighted by molar-refractivity contribution is 5.50. The summed E-state index contributed by atoms with van der Waals surface area (Å²) in [5, 5.41) is 11.6. The SMILES string of the molecule is CC(Nc1cccc(OCC#N)c1)c1cc(F)ccc1F. The van der Waals surface area contributed by atoms with Crippen LogP contribution in [-0.4, -0.2) is 6.61 Å². The maximum atomic E-state index is 13.7. The minimum Gasteiger partial charge on any atom is -0.479 e. The summed E-state index contributed by atoms with van der Waals surface area (Å²) in [4.78, 5) is 0. The molecule has 0 aliphatic rings. The van der Waals surface area contributed by atoms with E-state index in [-0.39, 0.29) is 12.2 Å². The summed E-state index contributed by atoms with van der Waals surface area (Å²) in [6.07, 6.45) is 0. The molecule has 0 saturated carbocycles. The van der Waals surface area contributed by atoms with Crippen LogP contribution in [0, 0.1) is 23.0 Å². The van der Waals surface area contributed by atoms with Crippen molar-refractivity contribution in [3.63, 3.8) is 0 Å². The molecule has 0 aliphatic heterocycles. The van der Waals surface area contributed by atoms with Crippen LogP contribution in [0.3, 0.4) is 0 Å². The molecule has 3 nitrogen and oxygen atoms in total. The molecule has 0 fully saturated rings. The summed E-state index contributed by atoms with van der Waals surface area (Å²) in [5.74, 6) is -0.409. The van der Waals surface area contributed by atoms with Crippen molar-refractivity contribution in [2.45, 2.75) is 13.0 Å². The number of nitriles is 1. The van der Waals surface area contributed by atoms with Gasteiger partial charge in [0.15, 0.2) is 6.61 Å². The molecule has 0 radical (unpaired) electrons. The molecule has 108 valence electrons. The first kappa shape index (κ1) is 14.8. The van der Waals surface area contributed by atoms with Crippen LogP contribution in [0.1, 0.15) is 18.5 Å². The fourth-order valence-electron chi connectivity index (χ4n) is 1.97. The molecule has 2 aromatic carbocycles. The minimum absolute atomic E-state index is 0.0441. The van der Waals surface area contributed by atoms with E-state index < -0.39 is 17.7 Å². The van der Waals surface area contributed by atoms with Crippen LogP contribution >= 0.6 is 0 Å². The van der Waals surface area contributed by atoms with Crippen molar-refractivity contribution in [3.05, 3.63) is 59.7 Å². The summed E-state index contributed by atoms with van der Waals surface area (Å²) >= 11 is 0. The molecule has 21 heavy (non-hydrogen) atoms. The Morgan fingerprint density at radius 2 is 2.05 bits per heavy atom. The van der Waals surface area contributed by atoms with E-state index in [0.717, 1.165) is 12.1 Å². The van der Waals surface area contributed by atoms with Gasteiger partial charge in [-0.05, 0) is 37.3 Å². The Morgan fingerprint density at radius 1 is 1.24 bits per heavy atom. The van der Waals surface area contributed by atoms with Crippen LogP contribution in [0.4, 0.5) is 14.5 Å². The van der Waals surface area contributed by atoms with Gasteiger partial charge in [0.1, 0.15) is 23.5 Å². The van der Waals surface area contributed by atoms with Crippen molar-refractivity contribution in [2.24, 2.45) is 0 Å². The van der Waals surface area contributed by atoms with Crippen LogP contribution in [0.25, 0.3) is 0 Å². The van der Waals surface area contributed by atoms with E-state index in [1.54, 1.807) is 31.2 Å². The van der Waals surface area contributed by atoms with Gasteiger partial charge in [-0.3, -0.25) is 0 Å². The highest BCUT2D eigenvalue weighted by Crippen LogP contribution is 2.24. The van der Waals surface area contributed by atoms with Crippen LogP contribution in [-0.2, 0) is 0 Å². The van der Waals surface area contributed by atoms with E-state index in [2.05, 4.69) is 5.32 Å². The number of nitrogens with one attached hydrogen (secondary N) is 1. The first-order chi connectivity index (χ1) is 10.1. The van der Waals surface area contributed by atoms with E-state index in [4.69, 9.17) is 10.00 Å². The van der Waals surface area contributed by atoms with E-state index in [1.165, 1.54) is 6.07 Å². The van der Waals surface area contributed by atoms with Gasteiger partial charge in [0.2, 0.25) is 0 Å². The van der Waals surface area contributed by atoms with Gasteiger partial charge in [0.25, 0.3) is 0 Å². The number of benzene rings is 2. The molecule has 1 atom stereocenters. The molecule has 0 spiro atoms. The predicted molar refractivity (Wildman–Crippen MR) is 75.9 cm³/mol. The van der Waals surface area contributed by atoms with Gasteiger partial charge in [0.05, 0.1) is 6.04 Å². The molecule has 1 unspecified atom stereocenters. The molecular weight excluding hydrogens is 274 g/mol. The number of rotatable bonds is 5. The molecular formula is C16H14F2N2O. The highest BCUT2D eigenvalue weighted by atomic mass is 19.1. The standard InChI is InChI=1S/C16H14F2N2O/c1-11(15-9-12(17)5-6-16(15)18)20-13-3-2-4-14(10-13)21-8-7-19/h2-6,9-11,20H,8H2,1H3. The van der Waals surface area contributed by atoms with Crippen LogP contribution in [0.15, 0.2) is 42.5 Å². The highest BCUT2D eigenvalue weighted by Gasteiger charge is 2.12. The van der Waals surface area contributed by atoms with Gasteiger partial charge in [-0.25, -0.2) is 8.78 Å². The lowest BCUT2D eigenvalue weighted by Gasteiger charge is -2.17. The van der Waals surface area contributed by atoms with Crippen molar-refractivity contribution in [1.29, 1.82) is 5.26 Å². The number of halogens is 2. The maximum absolute atomic E-state index is 13.7. The zero-order valence-electron chi connectivity index (χ0n) is 11.4. The molecule has 2 aromatic rings. The Kier molecular flexibility index (Phi) is 4.72. The zero-order chi connectivity index (χ0) is 15.2. The Balaban J connectivity index is 2.14. The second-order valence-electron chi connectivity index (χ2n) is 4.51. The molecule has 0 aromatic heterocycles. The number of hydrogen-bond acceptors (Lipinski definition) is 3. The normalized spacial score (nSPS) is 11.5. The number of nitrogens with zero attached hydrogens (tertiary/aromatic N) is 1. The Hall–Kier alpha value is -2.61. The lowest BCUT2D eigenvalue weighted by atomic mass is 10.1. The van der Waals surface area contributed by atoms with Gasteiger partial charge in [-0.15, -0.1) is 0 Å². The Bertz CT molecular complexity index is 668. The fraction of sp³-hybridized carbons (Fsp3) is 0.188. The van der Waals surface area contributed by atoms with Crippen LogP contribution in [0.5, 0.6) is 5.75 Å². The van der Waals surface area contributed by atoms with Gasteiger partial charge < -0.3 is 10.1 Å². The molecule has 2 rings (SSSR count). The van der Waals surface area contributed by atoms with E-state index >= 15 is 0 Å². The smallest absolute Gasteiger partial charge is 0.174 e. The first-order valence-corrected chi connectivity index (χ1v) is 6.41. The lowest BCUT2D eigenvalue weighted by Crippen LogP contribution is -2.09. The van der Waals surface area contributed by atoms with Crippen molar-refractivity contribution in [1.82, 2.24) is 0 Å². The summed E-state index contributed by atoms with van der Waals surface area (Å²) in [6, 6.07) is 11.8. The van der Waals surface area contributed by atoms with Crippen molar-refractivity contribution in [2.75, 3.05) is 11.9 Å². The fourth-order valence-corrected chi connectivity index (χ4v) is 1.97. The van der Waals surface area contributed by atoms with Gasteiger partial charge in [-0.1, -0.05) is 6.07 Å². The first-order valence-electron chi connectivity index (χ1n) is 6.41. The summed E-state index contributed by atoms with van der Waals surface area (Å²) in [7, 11) is 0. The molecule has 0 saturated heterocycles. The average molecular weight is 288 g/mol. The van der Waals surface area contributed by atoms with E-state index in [1.807, 2.05) is 6.07 Å². The number of hydrogen-bond donors (Lipinski definition) is 1. The summed E-state index contributed by atoms with van der Waals surface area (Å²) in [6.45, 7) is 1.69. The topological polar surface area (TPSA) is 45.0 Å². The monoisotopic (exact) mass is 288 g/mol. The summed E-state index contributed by atoms with van der Waals surface area (Å²) < 4.78 is 32.1. The third-order valence-corrected chi connectivity index (χ3v) is 2.95. The van der Waals surface area contributed by atoms with Gasteiger partial charge in [0, 0.05) is 17.3 Å². The predicted octanol–water partition coefficient (Wildman–Crippen LogP) is 4.04. The van der Waals surface area contributed by atoms with Crippen molar-refractivity contribution in [3.8, 4) is 11.8 Å².